The normalized spacial score (nSPS) is 12.2. The third-order valence-electron chi connectivity index (χ3n) is 2.67. The number of amides is 1. The van der Waals surface area contributed by atoms with Gasteiger partial charge in [0, 0.05) is 12.6 Å². The molecule has 0 bridgehead atoms. The van der Waals surface area contributed by atoms with E-state index < -0.39 is 0 Å². The van der Waals surface area contributed by atoms with Crippen molar-refractivity contribution in [3.8, 4) is 5.69 Å². The quantitative estimate of drug-likeness (QED) is 0.849. The fraction of sp³-hybridized carbons (Fsp3) is 0.308. The first-order valence-corrected chi connectivity index (χ1v) is 6.28. The Hall–Kier alpha value is -2.28. The SMILES string of the molecule is CC(N)CCNC(=O)c1cnn(-c2ccc(F)cc2)n1. The highest BCUT2D eigenvalue weighted by Crippen LogP contribution is 2.06. The number of carbonyl (C=O) groups excluding carboxylic acids is 1. The monoisotopic (exact) mass is 277 g/mol. The van der Waals surface area contributed by atoms with Crippen molar-refractivity contribution in [1.82, 2.24) is 20.3 Å². The van der Waals surface area contributed by atoms with Gasteiger partial charge in [0.1, 0.15) is 5.82 Å². The van der Waals surface area contributed by atoms with E-state index in [4.69, 9.17) is 5.73 Å². The predicted octanol–water partition coefficient (Wildman–Crippen LogP) is 0.873. The Labute approximate surface area is 115 Å². The van der Waals surface area contributed by atoms with Gasteiger partial charge >= 0.3 is 0 Å². The molecule has 0 radical (unpaired) electrons. The summed E-state index contributed by atoms with van der Waals surface area (Å²) in [4.78, 5) is 13.1. The Balaban J connectivity index is 2.01. The lowest BCUT2D eigenvalue weighted by Crippen LogP contribution is -2.29. The number of rotatable bonds is 5. The minimum atomic E-state index is -0.338. The van der Waals surface area contributed by atoms with Gasteiger partial charge in [0.15, 0.2) is 5.69 Å². The van der Waals surface area contributed by atoms with Crippen molar-refractivity contribution in [2.24, 2.45) is 5.73 Å². The van der Waals surface area contributed by atoms with Crippen LogP contribution >= 0.6 is 0 Å². The lowest BCUT2D eigenvalue weighted by molar-refractivity contribution is 0.0947. The summed E-state index contributed by atoms with van der Waals surface area (Å²) in [6.45, 7) is 2.36. The Kier molecular flexibility index (Phi) is 4.41. The number of nitrogens with zero attached hydrogens (tertiary/aromatic N) is 3. The van der Waals surface area contributed by atoms with Crippen LogP contribution in [0.15, 0.2) is 30.5 Å². The summed E-state index contributed by atoms with van der Waals surface area (Å²) in [5.74, 6) is -0.645. The summed E-state index contributed by atoms with van der Waals surface area (Å²) in [6.07, 6.45) is 2.06. The highest BCUT2D eigenvalue weighted by molar-refractivity contribution is 5.91. The molecule has 0 aliphatic heterocycles. The van der Waals surface area contributed by atoms with Crippen LogP contribution in [0.4, 0.5) is 4.39 Å². The molecule has 106 valence electrons. The third-order valence-corrected chi connectivity index (χ3v) is 2.67. The first kappa shape index (κ1) is 14.1. The summed E-state index contributed by atoms with van der Waals surface area (Å²) in [7, 11) is 0. The molecule has 0 aliphatic rings. The van der Waals surface area contributed by atoms with Gasteiger partial charge in [-0.1, -0.05) is 0 Å². The number of halogens is 1. The van der Waals surface area contributed by atoms with Crippen LogP contribution in [-0.2, 0) is 0 Å². The van der Waals surface area contributed by atoms with Crippen molar-refractivity contribution in [2.45, 2.75) is 19.4 Å². The summed E-state index contributed by atoms with van der Waals surface area (Å²) >= 11 is 0. The lowest BCUT2D eigenvalue weighted by atomic mass is 10.2. The van der Waals surface area contributed by atoms with Crippen molar-refractivity contribution >= 4 is 5.91 Å². The molecule has 0 saturated carbocycles. The van der Waals surface area contributed by atoms with E-state index in [-0.39, 0.29) is 23.5 Å². The molecule has 7 heteroatoms. The van der Waals surface area contributed by atoms with E-state index >= 15 is 0 Å². The highest BCUT2D eigenvalue weighted by Gasteiger charge is 2.11. The Morgan fingerprint density at radius 2 is 2.15 bits per heavy atom. The summed E-state index contributed by atoms with van der Waals surface area (Å²) in [5.41, 5.74) is 6.39. The Morgan fingerprint density at radius 3 is 2.80 bits per heavy atom. The maximum atomic E-state index is 12.8. The Morgan fingerprint density at radius 1 is 1.45 bits per heavy atom. The van der Waals surface area contributed by atoms with Gasteiger partial charge in [-0.05, 0) is 37.6 Å². The van der Waals surface area contributed by atoms with Crippen LogP contribution in [0, 0.1) is 5.82 Å². The Bertz CT molecular complexity index is 579. The fourth-order valence-electron chi connectivity index (χ4n) is 1.57. The fourth-order valence-corrected chi connectivity index (χ4v) is 1.57. The summed E-state index contributed by atoms with van der Waals surface area (Å²) in [5, 5.41) is 10.7. The second kappa shape index (κ2) is 6.25. The van der Waals surface area contributed by atoms with Crippen molar-refractivity contribution < 1.29 is 9.18 Å². The number of benzene rings is 1. The van der Waals surface area contributed by atoms with Gasteiger partial charge in [-0.2, -0.15) is 9.90 Å². The van der Waals surface area contributed by atoms with Gasteiger partial charge in [-0.25, -0.2) is 4.39 Å². The van der Waals surface area contributed by atoms with Crippen LogP contribution in [0.3, 0.4) is 0 Å². The molecule has 0 spiro atoms. The van der Waals surface area contributed by atoms with Gasteiger partial charge in [0.25, 0.3) is 5.91 Å². The molecule has 6 nitrogen and oxygen atoms in total. The molecular weight excluding hydrogens is 261 g/mol. The zero-order valence-electron chi connectivity index (χ0n) is 11.1. The van der Waals surface area contributed by atoms with Gasteiger partial charge in [0.2, 0.25) is 0 Å². The third kappa shape index (κ3) is 3.61. The van der Waals surface area contributed by atoms with Crippen LogP contribution in [0.2, 0.25) is 0 Å². The molecule has 1 heterocycles. The number of hydrogen-bond acceptors (Lipinski definition) is 4. The number of aromatic nitrogens is 3. The number of hydrogen-bond donors (Lipinski definition) is 2. The van der Waals surface area contributed by atoms with E-state index in [9.17, 15) is 9.18 Å². The molecular formula is C13H16FN5O. The highest BCUT2D eigenvalue weighted by atomic mass is 19.1. The molecule has 1 aromatic carbocycles. The molecule has 0 aliphatic carbocycles. The number of carbonyl (C=O) groups is 1. The predicted molar refractivity (Wildman–Crippen MR) is 71.9 cm³/mol. The van der Waals surface area contributed by atoms with E-state index in [1.807, 2.05) is 6.92 Å². The largest absolute Gasteiger partial charge is 0.351 e. The molecule has 0 saturated heterocycles. The minimum Gasteiger partial charge on any atom is -0.351 e. The van der Waals surface area contributed by atoms with Gasteiger partial charge in [0.05, 0.1) is 11.9 Å². The summed E-state index contributed by atoms with van der Waals surface area (Å²) in [6, 6.07) is 5.72. The van der Waals surface area contributed by atoms with Crippen molar-refractivity contribution in [1.29, 1.82) is 0 Å². The lowest BCUT2D eigenvalue weighted by Gasteiger charge is -2.05. The average molecular weight is 277 g/mol. The molecule has 1 amide bonds. The van der Waals surface area contributed by atoms with E-state index in [1.54, 1.807) is 0 Å². The maximum Gasteiger partial charge on any atom is 0.273 e. The molecule has 2 aromatic rings. The van der Waals surface area contributed by atoms with Crippen molar-refractivity contribution in [2.75, 3.05) is 6.54 Å². The van der Waals surface area contributed by atoms with Gasteiger partial charge < -0.3 is 11.1 Å². The van der Waals surface area contributed by atoms with Crippen LogP contribution < -0.4 is 11.1 Å². The van der Waals surface area contributed by atoms with E-state index in [2.05, 4.69) is 15.5 Å². The molecule has 0 fully saturated rings. The van der Waals surface area contributed by atoms with Gasteiger partial charge in [-0.3, -0.25) is 4.79 Å². The van der Waals surface area contributed by atoms with E-state index in [0.717, 1.165) is 0 Å². The molecule has 20 heavy (non-hydrogen) atoms. The topological polar surface area (TPSA) is 85.8 Å². The maximum absolute atomic E-state index is 12.8. The van der Waals surface area contributed by atoms with E-state index in [0.29, 0.717) is 18.7 Å². The molecule has 3 N–H and O–H groups in total. The standard InChI is InChI=1S/C13H16FN5O/c1-9(15)6-7-16-13(20)12-8-17-19(18-12)11-4-2-10(14)3-5-11/h2-5,8-9H,6-7,15H2,1H3,(H,16,20). The molecule has 1 aromatic heterocycles. The average Bonchev–Trinajstić information content (AvgIpc) is 2.88. The number of nitrogens with one attached hydrogen (secondary N) is 1. The molecule has 2 rings (SSSR count). The molecule has 1 unspecified atom stereocenters. The zero-order chi connectivity index (χ0) is 14.5. The first-order valence-electron chi connectivity index (χ1n) is 6.28. The minimum absolute atomic E-state index is 0.0326. The second-order valence-corrected chi connectivity index (χ2v) is 4.52. The van der Waals surface area contributed by atoms with Crippen molar-refractivity contribution in [3.05, 3.63) is 42.0 Å². The first-order chi connectivity index (χ1) is 9.56. The smallest absolute Gasteiger partial charge is 0.273 e. The zero-order valence-corrected chi connectivity index (χ0v) is 11.1. The van der Waals surface area contributed by atoms with Gasteiger partial charge in [-0.15, -0.1) is 5.10 Å². The second-order valence-electron chi connectivity index (χ2n) is 4.52. The van der Waals surface area contributed by atoms with Crippen LogP contribution in [0.5, 0.6) is 0 Å². The number of nitrogens with two attached hydrogens (primary N) is 1. The van der Waals surface area contributed by atoms with E-state index in [1.165, 1.54) is 35.3 Å². The van der Waals surface area contributed by atoms with Crippen LogP contribution in [-0.4, -0.2) is 33.5 Å². The van der Waals surface area contributed by atoms with Crippen molar-refractivity contribution in [3.63, 3.8) is 0 Å². The molecule has 1 atom stereocenters. The summed E-state index contributed by atoms with van der Waals surface area (Å²) < 4.78 is 12.8. The van der Waals surface area contributed by atoms with Crippen LogP contribution in [0.1, 0.15) is 23.8 Å². The van der Waals surface area contributed by atoms with Crippen LogP contribution in [0.25, 0.3) is 5.69 Å².